The van der Waals surface area contributed by atoms with Crippen molar-refractivity contribution in [2.24, 2.45) is 23.7 Å². The molecule has 6 heteroatoms. The Hall–Kier alpha value is -1.95. The van der Waals surface area contributed by atoms with Crippen molar-refractivity contribution in [2.75, 3.05) is 32.8 Å². The van der Waals surface area contributed by atoms with Crippen molar-refractivity contribution in [3.63, 3.8) is 0 Å². The summed E-state index contributed by atoms with van der Waals surface area (Å²) in [5.41, 5.74) is 0.675. The van der Waals surface area contributed by atoms with Gasteiger partial charge < -0.3 is 14.9 Å². The first kappa shape index (κ1) is 20.8. The average molecular weight is 390 g/mol. The molecule has 2 amide bonds. The summed E-state index contributed by atoms with van der Waals surface area (Å²) in [5.74, 6) is 0.631. The minimum absolute atomic E-state index is 0.0148. The lowest BCUT2D eigenvalue weighted by atomic mass is 9.78. The molecule has 1 aromatic carbocycles. The van der Waals surface area contributed by atoms with Crippen LogP contribution in [0.5, 0.6) is 0 Å². The van der Waals surface area contributed by atoms with E-state index in [0.29, 0.717) is 24.6 Å². The zero-order valence-electron chi connectivity index (χ0n) is 16.8. The normalized spacial score (nSPS) is 23.5. The maximum atomic E-state index is 13.4. The minimum Gasteiger partial charge on any atom is -0.396 e. The first-order valence-corrected chi connectivity index (χ1v) is 10.3. The average Bonchev–Trinajstić information content (AvgIpc) is 3.12. The van der Waals surface area contributed by atoms with E-state index in [9.17, 15) is 19.1 Å². The van der Waals surface area contributed by atoms with Crippen LogP contribution >= 0.6 is 0 Å². The van der Waals surface area contributed by atoms with Crippen LogP contribution in [0.1, 0.15) is 32.3 Å². The molecule has 0 aromatic heterocycles. The van der Waals surface area contributed by atoms with E-state index in [1.807, 2.05) is 23.6 Å². The Kier molecular flexibility index (Phi) is 6.70. The lowest BCUT2D eigenvalue weighted by Gasteiger charge is -2.37. The van der Waals surface area contributed by atoms with E-state index < -0.39 is 0 Å². The van der Waals surface area contributed by atoms with Gasteiger partial charge in [0.05, 0.1) is 6.42 Å². The summed E-state index contributed by atoms with van der Waals surface area (Å²) >= 11 is 0. The highest BCUT2D eigenvalue weighted by atomic mass is 19.1. The van der Waals surface area contributed by atoms with Crippen molar-refractivity contribution in [1.29, 1.82) is 0 Å². The summed E-state index contributed by atoms with van der Waals surface area (Å²) in [6.07, 6.45) is 2.03. The summed E-state index contributed by atoms with van der Waals surface area (Å²) < 4.78 is 13.4. The molecule has 28 heavy (non-hydrogen) atoms. The van der Waals surface area contributed by atoms with Crippen molar-refractivity contribution in [3.05, 3.63) is 35.6 Å². The largest absolute Gasteiger partial charge is 0.396 e. The molecule has 2 aliphatic rings. The molecule has 0 spiro atoms. The highest BCUT2D eigenvalue weighted by Gasteiger charge is 2.40. The zero-order valence-corrected chi connectivity index (χ0v) is 16.8. The summed E-state index contributed by atoms with van der Waals surface area (Å²) in [7, 11) is 0. The van der Waals surface area contributed by atoms with E-state index >= 15 is 0 Å². The van der Waals surface area contributed by atoms with E-state index in [1.165, 1.54) is 12.1 Å². The SMILES string of the molecule is CC(C)C(=O)N1CCC(C2CN(C(=O)Cc3cccc(F)c3)CC2CO)CC1. The van der Waals surface area contributed by atoms with E-state index in [0.717, 1.165) is 25.9 Å². The van der Waals surface area contributed by atoms with Gasteiger partial charge in [-0.05, 0) is 42.4 Å². The maximum absolute atomic E-state index is 13.4. The molecule has 5 nitrogen and oxygen atoms in total. The lowest BCUT2D eigenvalue weighted by molar-refractivity contribution is -0.136. The number of aliphatic hydroxyl groups excluding tert-OH is 1. The Bertz CT molecular complexity index is 701. The maximum Gasteiger partial charge on any atom is 0.227 e. The van der Waals surface area contributed by atoms with Gasteiger partial charge in [-0.15, -0.1) is 0 Å². The second-order valence-corrected chi connectivity index (χ2v) is 8.53. The summed E-state index contributed by atoms with van der Waals surface area (Å²) in [6.45, 7) is 6.63. The predicted molar refractivity (Wildman–Crippen MR) is 105 cm³/mol. The highest BCUT2D eigenvalue weighted by molar-refractivity contribution is 5.79. The Balaban J connectivity index is 1.58. The third-order valence-corrected chi connectivity index (χ3v) is 6.27. The molecule has 0 bridgehead atoms. The van der Waals surface area contributed by atoms with Gasteiger partial charge in [0.15, 0.2) is 0 Å². The van der Waals surface area contributed by atoms with Gasteiger partial charge in [0, 0.05) is 44.6 Å². The molecule has 3 rings (SSSR count). The molecule has 2 fully saturated rings. The number of piperidine rings is 1. The molecular formula is C22H31FN2O3. The Labute approximate surface area is 166 Å². The Morgan fingerprint density at radius 1 is 1.18 bits per heavy atom. The molecular weight excluding hydrogens is 359 g/mol. The number of hydrogen-bond donors (Lipinski definition) is 1. The number of rotatable bonds is 5. The molecule has 0 aliphatic carbocycles. The number of hydrogen-bond acceptors (Lipinski definition) is 3. The fourth-order valence-electron chi connectivity index (χ4n) is 4.67. The summed E-state index contributed by atoms with van der Waals surface area (Å²) in [4.78, 5) is 28.7. The van der Waals surface area contributed by atoms with Crippen molar-refractivity contribution in [2.45, 2.75) is 33.1 Å². The van der Waals surface area contributed by atoms with E-state index in [-0.39, 0.29) is 48.4 Å². The van der Waals surface area contributed by atoms with Gasteiger partial charge in [-0.1, -0.05) is 26.0 Å². The van der Waals surface area contributed by atoms with Crippen molar-refractivity contribution in [1.82, 2.24) is 9.80 Å². The first-order chi connectivity index (χ1) is 13.4. The second kappa shape index (κ2) is 9.03. The van der Waals surface area contributed by atoms with Crippen molar-refractivity contribution in [3.8, 4) is 0 Å². The minimum atomic E-state index is -0.333. The van der Waals surface area contributed by atoms with Gasteiger partial charge in [0.1, 0.15) is 5.82 Å². The van der Waals surface area contributed by atoms with Gasteiger partial charge in [-0.25, -0.2) is 4.39 Å². The number of carbonyl (C=O) groups is 2. The highest BCUT2D eigenvalue weighted by Crippen LogP contribution is 2.36. The zero-order chi connectivity index (χ0) is 20.3. The fourth-order valence-corrected chi connectivity index (χ4v) is 4.67. The van der Waals surface area contributed by atoms with Crippen molar-refractivity contribution >= 4 is 11.8 Å². The molecule has 1 N–H and O–H groups in total. The smallest absolute Gasteiger partial charge is 0.227 e. The van der Waals surface area contributed by atoms with Crippen LogP contribution in [0, 0.1) is 29.5 Å². The van der Waals surface area contributed by atoms with Crippen LogP contribution in [0.2, 0.25) is 0 Å². The van der Waals surface area contributed by atoms with Crippen LogP contribution < -0.4 is 0 Å². The Morgan fingerprint density at radius 3 is 2.50 bits per heavy atom. The molecule has 2 unspecified atom stereocenters. The molecule has 2 saturated heterocycles. The molecule has 2 aliphatic heterocycles. The number of benzene rings is 1. The van der Waals surface area contributed by atoms with Gasteiger partial charge in [-0.2, -0.15) is 0 Å². The topological polar surface area (TPSA) is 60.9 Å². The van der Waals surface area contributed by atoms with Gasteiger partial charge in [-0.3, -0.25) is 9.59 Å². The number of halogens is 1. The molecule has 2 atom stereocenters. The van der Waals surface area contributed by atoms with Gasteiger partial charge in [0.2, 0.25) is 11.8 Å². The second-order valence-electron chi connectivity index (χ2n) is 8.53. The van der Waals surface area contributed by atoms with Crippen LogP contribution in [-0.4, -0.2) is 59.5 Å². The lowest BCUT2D eigenvalue weighted by Crippen LogP contribution is -2.43. The number of carbonyl (C=O) groups excluding carboxylic acids is 2. The monoisotopic (exact) mass is 390 g/mol. The fraction of sp³-hybridized carbons (Fsp3) is 0.636. The predicted octanol–water partition coefficient (Wildman–Crippen LogP) is 2.33. The molecule has 154 valence electrons. The molecule has 0 radical (unpaired) electrons. The van der Waals surface area contributed by atoms with Crippen LogP contribution in [0.3, 0.4) is 0 Å². The summed E-state index contributed by atoms with van der Waals surface area (Å²) in [5, 5.41) is 9.85. The Morgan fingerprint density at radius 2 is 1.89 bits per heavy atom. The molecule has 2 heterocycles. The number of likely N-dealkylation sites (tertiary alicyclic amines) is 2. The van der Waals surface area contributed by atoms with Crippen molar-refractivity contribution < 1.29 is 19.1 Å². The number of amides is 2. The van der Waals surface area contributed by atoms with Crippen LogP contribution in [0.15, 0.2) is 24.3 Å². The van der Waals surface area contributed by atoms with E-state index in [2.05, 4.69) is 0 Å². The van der Waals surface area contributed by atoms with E-state index in [4.69, 9.17) is 0 Å². The standard InChI is InChI=1S/C22H31FN2O3/c1-15(2)22(28)24-8-6-17(7-9-24)20-13-25(12-18(20)14-26)21(27)11-16-4-3-5-19(23)10-16/h3-5,10,15,17-18,20,26H,6-9,11-14H2,1-2H3. The first-order valence-electron chi connectivity index (χ1n) is 10.3. The van der Waals surface area contributed by atoms with Gasteiger partial charge >= 0.3 is 0 Å². The third kappa shape index (κ3) is 4.72. The quantitative estimate of drug-likeness (QED) is 0.839. The molecule has 1 aromatic rings. The molecule has 0 saturated carbocycles. The third-order valence-electron chi connectivity index (χ3n) is 6.27. The number of aliphatic hydroxyl groups is 1. The van der Waals surface area contributed by atoms with Crippen LogP contribution in [0.25, 0.3) is 0 Å². The van der Waals surface area contributed by atoms with E-state index in [1.54, 1.807) is 12.1 Å². The number of nitrogens with zero attached hydrogens (tertiary/aromatic N) is 2. The van der Waals surface area contributed by atoms with Crippen LogP contribution in [0.4, 0.5) is 4.39 Å². The summed E-state index contributed by atoms with van der Waals surface area (Å²) in [6, 6.07) is 6.15. The van der Waals surface area contributed by atoms with Gasteiger partial charge in [0.25, 0.3) is 0 Å². The van der Waals surface area contributed by atoms with Crippen LogP contribution in [-0.2, 0) is 16.0 Å².